The number of benzene rings is 1. The maximum absolute atomic E-state index is 6.36. The maximum atomic E-state index is 6.36. The van der Waals surface area contributed by atoms with Gasteiger partial charge in [-0.3, -0.25) is 0 Å². The van der Waals surface area contributed by atoms with Crippen molar-refractivity contribution in [1.82, 2.24) is 10.3 Å². The van der Waals surface area contributed by atoms with E-state index in [1.165, 1.54) is 0 Å². The molecule has 0 spiro atoms. The van der Waals surface area contributed by atoms with Crippen molar-refractivity contribution in [2.75, 3.05) is 6.54 Å². The smallest absolute Gasteiger partial charge is 0.154 e. The number of nitrogens with zero attached hydrogens (tertiary/aromatic N) is 1. The summed E-state index contributed by atoms with van der Waals surface area (Å²) in [6.07, 6.45) is 0. The Bertz CT molecular complexity index is 554. The highest BCUT2D eigenvalue weighted by atomic mass is 35.5. The van der Waals surface area contributed by atoms with Crippen LogP contribution >= 0.6 is 34.7 Å². The van der Waals surface area contributed by atoms with Crippen molar-refractivity contribution >= 4 is 34.7 Å². The fraction of sp³-hybridized carbons (Fsp3) is 0.357. The first kappa shape index (κ1) is 14.9. The molecular formula is C14H17ClN2S2. The lowest BCUT2D eigenvalue weighted by molar-refractivity contribution is 0.598. The second-order valence-electron chi connectivity index (χ2n) is 4.32. The van der Waals surface area contributed by atoms with Crippen LogP contribution in [0.15, 0.2) is 32.8 Å². The van der Waals surface area contributed by atoms with Crippen LogP contribution in [0.25, 0.3) is 0 Å². The van der Waals surface area contributed by atoms with Crippen LogP contribution in [-0.4, -0.2) is 11.5 Å². The van der Waals surface area contributed by atoms with Gasteiger partial charge in [0.2, 0.25) is 0 Å². The lowest BCUT2D eigenvalue weighted by atomic mass is 10.1. The van der Waals surface area contributed by atoms with Crippen LogP contribution < -0.4 is 5.32 Å². The molecule has 0 saturated carbocycles. The zero-order valence-corrected chi connectivity index (χ0v) is 13.6. The highest BCUT2D eigenvalue weighted by Crippen LogP contribution is 2.34. The Labute approximate surface area is 127 Å². The Kier molecular flexibility index (Phi) is 5.28. The highest BCUT2D eigenvalue weighted by molar-refractivity contribution is 8.01. The molecule has 5 heteroatoms. The number of hydrogen-bond acceptors (Lipinski definition) is 4. The van der Waals surface area contributed by atoms with Crippen LogP contribution in [0.4, 0.5) is 0 Å². The van der Waals surface area contributed by atoms with Crippen LogP contribution in [0.2, 0.25) is 5.02 Å². The molecule has 2 nitrogen and oxygen atoms in total. The molecule has 0 aliphatic heterocycles. The second kappa shape index (κ2) is 6.75. The van der Waals surface area contributed by atoms with E-state index in [1.807, 2.05) is 13.0 Å². The minimum Gasteiger partial charge on any atom is -0.310 e. The van der Waals surface area contributed by atoms with Crippen LogP contribution in [0.3, 0.4) is 0 Å². The molecule has 0 saturated heterocycles. The zero-order valence-electron chi connectivity index (χ0n) is 11.2. The van der Waals surface area contributed by atoms with Gasteiger partial charge in [0.1, 0.15) is 0 Å². The van der Waals surface area contributed by atoms with E-state index in [1.54, 1.807) is 23.1 Å². The van der Waals surface area contributed by atoms with Crippen LogP contribution in [0.5, 0.6) is 0 Å². The first-order valence-corrected chi connectivity index (χ1v) is 8.30. The maximum Gasteiger partial charge on any atom is 0.154 e. The van der Waals surface area contributed by atoms with Gasteiger partial charge in [0, 0.05) is 27.0 Å². The zero-order chi connectivity index (χ0) is 13.8. The number of aryl methyl sites for hydroxylation is 1. The second-order valence-corrected chi connectivity index (χ2v) is 6.91. The molecule has 0 amide bonds. The number of aromatic nitrogens is 1. The first-order valence-electron chi connectivity index (χ1n) is 6.23. The minimum atomic E-state index is 0.277. The monoisotopic (exact) mass is 312 g/mol. The van der Waals surface area contributed by atoms with Gasteiger partial charge in [0.25, 0.3) is 0 Å². The van der Waals surface area contributed by atoms with E-state index in [9.17, 15) is 0 Å². The topological polar surface area (TPSA) is 24.9 Å². The molecule has 0 fully saturated rings. The summed E-state index contributed by atoms with van der Waals surface area (Å²) in [5.41, 5.74) is 2.21. The predicted molar refractivity (Wildman–Crippen MR) is 84.5 cm³/mol. The molecule has 1 aromatic heterocycles. The van der Waals surface area contributed by atoms with Gasteiger partial charge < -0.3 is 5.32 Å². The Morgan fingerprint density at radius 3 is 2.84 bits per heavy atom. The first-order chi connectivity index (χ1) is 9.10. The van der Waals surface area contributed by atoms with Gasteiger partial charge in [-0.05, 0) is 38.1 Å². The molecular weight excluding hydrogens is 296 g/mol. The van der Waals surface area contributed by atoms with Crippen molar-refractivity contribution in [3.63, 3.8) is 0 Å². The molecule has 2 rings (SSSR count). The van der Waals surface area contributed by atoms with Crippen molar-refractivity contribution < 1.29 is 0 Å². The third-order valence-electron chi connectivity index (χ3n) is 2.75. The Morgan fingerprint density at radius 2 is 2.26 bits per heavy atom. The molecule has 1 N–H and O–H groups in total. The minimum absolute atomic E-state index is 0.277. The van der Waals surface area contributed by atoms with Gasteiger partial charge in [-0.25, -0.2) is 4.98 Å². The molecule has 1 heterocycles. The summed E-state index contributed by atoms with van der Waals surface area (Å²) in [5.74, 6) is 0. The van der Waals surface area contributed by atoms with Crippen molar-refractivity contribution in [3.8, 4) is 0 Å². The molecule has 0 bridgehead atoms. The van der Waals surface area contributed by atoms with Gasteiger partial charge in [-0.2, -0.15) is 0 Å². The standard InChI is InChI=1S/C14H17ClN2S2/c1-4-16-10(3)12-6-5-11(7-13(12)15)19-14-17-9(2)8-18-14/h5-8,10,16H,4H2,1-3H3. The Morgan fingerprint density at radius 1 is 1.47 bits per heavy atom. The summed E-state index contributed by atoms with van der Waals surface area (Å²) in [6, 6.07) is 6.50. The van der Waals surface area contributed by atoms with E-state index in [2.05, 4.69) is 41.7 Å². The summed E-state index contributed by atoms with van der Waals surface area (Å²) in [5, 5.41) is 6.25. The largest absolute Gasteiger partial charge is 0.310 e. The van der Waals surface area contributed by atoms with Gasteiger partial charge in [-0.15, -0.1) is 11.3 Å². The lowest BCUT2D eigenvalue weighted by Crippen LogP contribution is -2.17. The number of thiazole rings is 1. The molecule has 2 aromatic rings. The van der Waals surface area contributed by atoms with Gasteiger partial charge >= 0.3 is 0 Å². The van der Waals surface area contributed by atoms with Gasteiger partial charge in [0.05, 0.1) is 0 Å². The van der Waals surface area contributed by atoms with Crippen LogP contribution in [0.1, 0.15) is 31.1 Å². The fourth-order valence-electron chi connectivity index (χ4n) is 1.82. The molecule has 102 valence electrons. The van der Waals surface area contributed by atoms with E-state index in [0.29, 0.717) is 0 Å². The Hall–Kier alpha value is -0.550. The van der Waals surface area contributed by atoms with E-state index in [0.717, 1.165) is 32.1 Å². The van der Waals surface area contributed by atoms with E-state index in [4.69, 9.17) is 11.6 Å². The number of halogens is 1. The molecule has 0 radical (unpaired) electrons. The average molecular weight is 313 g/mol. The third kappa shape index (κ3) is 3.96. The SMILES string of the molecule is CCNC(C)c1ccc(Sc2nc(C)cs2)cc1Cl. The third-order valence-corrected chi connectivity index (χ3v) is 5.13. The molecule has 1 aromatic carbocycles. The van der Waals surface area contributed by atoms with Crippen molar-refractivity contribution in [2.45, 2.75) is 36.0 Å². The summed E-state index contributed by atoms with van der Waals surface area (Å²) in [7, 11) is 0. The number of nitrogens with one attached hydrogen (secondary N) is 1. The Balaban J connectivity index is 2.14. The lowest BCUT2D eigenvalue weighted by Gasteiger charge is -2.14. The van der Waals surface area contributed by atoms with E-state index >= 15 is 0 Å². The quantitative estimate of drug-likeness (QED) is 0.847. The molecule has 1 atom stereocenters. The molecule has 19 heavy (non-hydrogen) atoms. The average Bonchev–Trinajstić information content (AvgIpc) is 2.75. The van der Waals surface area contributed by atoms with Crippen molar-refractivity contribution in [1.29, 1.82) is 0 Å². The molecule has 0 aliphatic carbocycles. The molecule has 1 unspecified atom stereocenters. The summed E-state index contributed by atoms with van der Waals surface area (Å²) < 4.78 is 1.06. The predicted octanol–water partition coefficient (Wildman–Crippen LogP) is 4.93. The van der Waals surface area contributed by atoms with Gasteiger partial charge in [0.15, 0.2) is 4.34 Å². The molecule has 0 aliphatic rings. The summed E-state index contributed by atoms with van der Waals surface area (Å²) >= 11 is 9.69. The highest BCUT2D eigenvalue weighted by Gasteiger charge is 2.10. The summed E-state index contributed by atoms with van der Waals surface area (Å²) in [6.45, 7) is 7.17. The van der Waals surface area contributed by atoms with E-state index < -0.39 is 0 Å². The van der Waals surface area contributed by atoms with Crippen molar-refractivity contribution in [2.24, 2.45) is 0 Å². The fourth-order valence-corrected chi connectivity index (χ4v) is 4.08. The van der Waals surface area contributed by atoms with Crippen LogP contribution in [-0.2, 0) is 0 Å². The number of rotatable bonds is 5. The summed E-state index contributed by atoms with van der Waals surface area (Å²) in [4.78, 5) is 5.58. The number of hydrogen-bond donors (Lipinski definition) is 1. The normalized spacial score (nSPS) is 12.6. The van der Waals surface area contributed by atoms with Crippen molar-refractivity contribution in [3.05, 3.63) is 39.9 Å². The van der Waals surface area contributed by atoms with E-state index in [-0.39, 0.29) is 6.04 Å². The van der Waals surface area contributed by atoms with Gasteiger partial charge in [-0.1, -0.05) is 36.4 Å². The van der Waals surface area contributed by atoms with Crippen LogP contribution in [0, 0.1) is 6.92 Å².